The number of nitrogens with zero attached hydrogens (tertiary/aromatic N) is 4. The van der Waals surface area contributed by atoms with Crippen LogP contribution >= 0.6 is 0 Å². The standard InChI is InChI=1S/C17H23N5O/c1-14-9-20-22(11-14)12-16-6-4-8-21(16)13-17(23)19-10-15-5-2-3-7-18-15/h2-3,5,7,9,11,16H,4,6,8,10,12-13H2,1H3,(H,19,23)/t16-/m1/s1. The number of nitrogens with one attached hydrogen (secondary N) is 1. The van der Waals surface area contributed by atoms with Crippen LogP contribution in [-0.4, -0.2) is 44.7 Å². The van der Waals surface area contributed by atoms with E-state index in [1.165, 1.54) is 5.56 Å². The van der Waals surface area contributed by atoms with Gasteiger partial charge in [-0.3, -0.25) is 19.4 Å². The van der Waals surface area contributed by atoms with E-state index in [0.717, 1.165) is 31.6 Å². The molecule has 122 valence electrons. The second-order valence-corrected chi connectivity index (χ2v) is 6.10. The molecule has 23 heavy (non-hydrogen) atoms. The average Bonchev–Trinajstić information content (AvgIpc) is 3.16. The Kier molecular flexibility index (Phi) is 5.02. The number of aromatic nitrogens is 3. The highest BCUT2D eigenvalue weighted by Gasteiger charge is 2.26. The molecule has 3 heterocycles. The van der Waals surface area contributed by atoms with Crippen molar-refractivity contribution in [3.8, 4) is 0 Å². The number of hydrogen-bond acceptors (Lipinski definition) is 4. The minimum Gasteiger partial charge on any atom is -0.349 e. The average molecular weight is 313 g/mol. The van der Waals surface area contributed by atoms with Crippen molar-refractivity contribution in [3.63, 3.8) is 0 Å². The molecule has 0 aromatic carbocycles. The number of pyridine rings is 1. The maximum absolute atomic E-state index is 12.2. The first-order chi connectivity index (χ1) is 11.2. The zero-order valence-electron chi connectivity index (χ0n) is 13.5. The smallest absolute Gasteiger partial charge is 0.234 e. The molecule has 2 aromatic rings. The van der Waals surface area contributed by atoms with Crippen LogP contribution in [0.5, 0.6) is 0 Å². The zero-order chi connectivity index (χ0) is 16.1. The van der Waals surface area contributed by atoms with E-state index in [9.17, 15) is 4.79 Å². The Labute approximate surface area is 136 Å². The van der Waals surface area contributed by atoms with Crippen molar-refractivity contribution in [2.75, 3.05) is 13.1 Å². The number of carbonyl (C=O) groups is 1. The number of likely N-dealkylation sites (tertiary alicyclic amines) is 1. The zero-order valence-corrected chi connectivity index (χ0v) is 13.5. The van der Waals surface area contributed by atoms with Crippen molar-refractivity contribution in [3.05, 3.63) is 48.0 Å². The summed E-state index contributed by atoms with van der Waals surface area (Å²) in [5, 5.41) is 7.30. The maximum Gasteiger partial charge on any atom is 0.234 e. The van der Waals surface area contributed by atoms with Crippen LogP contribution in [0.15, 0.2) is 36.8 Å². The Morgan fingerprint density at radius 3 is 3.09 bits per heavy atom. The summed E-state index contributed by atoms with van der Waals surface area (Å²) in [6.45, 7) is 4.79. The third-order valence-electron chi connectivity index (χ3n) is 4.20. The quantitative estimate of drug-likeness (QED) is 0.875. The van der Waals surface area contributed by atoms with Gasteiger partial charge in [0.1, 0.15) is 0 Å². The van der Waals surface area contributed by atoms with E-state index >= 15 is 0 Å². The maximum atomic E-state index is 12.2. The molecule has 2 aromatic heterocycles. The highest BCUT2D eigenvalue weighted by molar-refractivity contribution is 5.78. The normalized spacial score (nSPS) is 18.2. The molecule has 0 radical (unpaired) electrons. The van der Waals surface area contributed by atoms with Gasteiger partial charge in [-0.05, 0) is 44.0 Å². The third kappa shape index (κ3) is 4.39. The van der Waals surface area contributed by atoms with Crippen LogP contribution in [0.1, 0.15) is 24.1 Å². The second-order valence-electron chi connectivity index (χ2n) is 6.10. The lowest BCUT2D eigenvalue weighted by molar-refractivity contribution is -0.122. The molecule has 0 spiro atoms. The lowest BCUT2D eigenvalue weighted by atomic mass is 10.2. The number of hydrogen-bond donors (Lipinski definition) is 1. The first-order valence-electron chi connectivity index (χ1n) is 8.10. The van der Waals surface area contributed by atoms with Crippen LogP contribution in [0.4, 0.5) is 0 Å². The molecule has 1 fully saturated rings. The van der Waals surface area contributed by atoms with Gasteiger partial charge in [-0.15, -0.1) is 0 Å². The fraction of sp³-hybridized carbons (Fsp3) is 0.471. The largest absolute Gasteiger partial charge is 0.349 e. The molecule has 0 bridgehead atoms. The highest BCUT2D eigenvalue weighted by Crippen LogP contribution is 2.18. The Bertz CT molecular complexity index is 639. The van der Waals surface area contributed by atoms with Crippen LogP contribution in [0.25, 0.3) is 0 Å². The molecule has 1 aliphatic heterocycles. The van der Waals surface area contributed by atoms with E-state index in [1.54, 1.807) is 6.20 Å². The Morgan fingerprint density at radius 1 is 1.43 bits per heavy atom. The van der Waals surface area contributed by atoms with Crippen molar-refractivity contribution >= 4 is 5.91 Å². The lowest BCUT2D eigenvalue weighted by Gasteiger charge is -2.23. The second kappa shape index (κ2) is 7.37. The van der Waals surface area contributed by atoms with Gasteiger partial charge in [0.2, 0.25) is 5.91 Å². The molecular formula is C17H23N5O. The minimum atomic E-state index is 0.0548. The summed E-state index contributed by atoms with van der Waals surface area (Å²) < 4.78 is 1.98. The molecule has 0 unspecified atom stereocenters. The summed E-state index contributed by atoms with van der Waals surface area (Å²) in [6.07, 6.45) is 7.92. The number of aryl methyl sites for hydroxylation is 1. The molecule has 1 atom stereocenters. The summed E-state index contributed by atoms with van der Waals surface area (Å²) in [5.74, 6) is 0.0548. The SMILES string of the molecule is Cc1cnn(C[C@H]2CCCN2CC(=O)NCc2ccccn2)c1. The molecule has 1 aliphatic rings. The van der Waals surface area contributed by atoms with Gasteiger partial charge in [0, 0.05) is 18.4 Å². The van der Waals surface area contributed by atoms with Crippen LogP contribution in [0.3, 0.4) is 0 Å². The predicted octanol–water partition coefficient (Wildman–Crippen LogP) is 1.37. The fourth-order valence-electron chi connectivity index (χ4n) is 3.02. The van der Waals surface area contributed by atoms with Crippen molar-refractivity contribution in [2.24, 2.45) is 0 Å². The van der Waals surface area contributed by atoms with Crippen molar-refractivity contribution in [1.29, 1.82) is 0 Å². The lowest BCUT2D eigenvalue weighted by Crippen LogP contribution is -2.41. The molecule has 3 rings (SSSR count). The van der Waals surface area contributed by atoms with Crippen molar-refractivity contribution in [1.82, 2.24) is 25.0 Å². The van der Waals surface area contributed by atoms with Gasteiger partial charge in [0.25, 0.3) is 0 Å². The molecular weight excluding hydrogens is 290 g/mol. The van der Waals surface area contributed by atoms with Crippen molar-refractivity contribution in [2.45, 2.75) is 38.9 Å². The summed E-state index contributed by atoms with van der Waals surface area (Å²) in [5.41, 5.74) is 2.05. The van der Waals surface area contributed by atoms with Gasteiger partial charge in [-0.2, -0.15) is 5.10 Å². The van der Waals surface area contributed by atoms with Crippen molar-refractivity contribution < 1.29 is 4.79 Å². The number of rotatable bonds is 6. The molecule has 1 N–H and O–H groups in total. The molecule has 6 heteroatoms. The predicted molar refractivity (Wildman–Crippen MR) is 87.6 cm³/mol. The first-order valence-corrected chi connectivity index (χ1v) is 8.10. The van der Waals surface area contributed by atoms with Gasteiger partial charge < -0.3 is 5.32 Å². The molecule has 1 saturated heterocycles. The number of carbonyl (C=O) groups excluding carboxylic acids is 1. The Hall–Kier alpha value is -2.21. The minimum absolute atomic E-state index is 0.0548. The van der Waals surface area contributed by atoms with E-state index in [4.69, 9.17) is 0 Å². The van der Waals surface area contributed by atoms with Crippen LogP contribution in [0.2, 0.25) is 0 Å². The van der Waals surface area contributed by atoms with E-state index in [1.807, 2.05) is 36.0 Å². The fourth-order valence-corrected chi connectivity index (χ4v) is 3.02. The molecule has 0 aliphatic carbocycles. The van der Waals surface area contributed by atoms with E-state index in [2.05, 4.69) is 26.5 Å². The Morgan fingerprint density at radius 2 is 2.35 bits per heavy atom. The summed E-state index contributed by atoms with van der Waals surface area (Å²) >= 11 is 0. The van der Waals surface area contributed by atoms with Gasteiger partial charge in [-0.25, -0.2) is 0 Å². The summed E-state index contributed by atoms with van der Waals surface area (Å²) in [7, 11) is 0. The van der Waals surface area contributed by atoms with Gasteiger partial charge >= 0.3 is 0 Å². The summed E-state index contributed by atoms with van der Waals surface area (Å²) in [4.78, 5) is 18.6. The van der Waals surface area contributed by atoms with Gasteiger partial charge in [0.05, 0.1) is 31.5 Å². The van der Waals surface area contributed by atoms with E-state index in [-0.39, 0.29) is 5.91 Å². The van der Waals surface area contributed by atoms with Crippen LogP contribution in [-0.2, 0) is 17.9 Å². The summed E-state index contributed by atoms with van der Waals surface area (Å²) in [6, 6.07) is 6.10. The van der Waals surface area contributed by atoms with Crippen LogP contribution < -0.4 is 5.32 Å². The highest BCUT2D eigenvalue weighted by atomic mass is 16.2. The first kappa shape index (κ1) is 15.7. The van der Waals surface area contributed by atoms with Crippen LogP contribution in [0, 0.1) is 6.92 Å². The van der Waals surface area contributed by atoms with Gasteiger partial charge in [0.15, 0.2) is 0 Å². The topological polar surface area (TPSA) is 63.1 Å². The van der Waals surface area contributed by atoms with E-state index in [0.29, 0.717) is 19.1 Å². The molecule has 6 nitrogen and oxygen atoms in total. The number of amides is 1. The molecule has 0 saturated carbocycles. The van der Waals surface area contributed by atoms with E-state index < -0.39 is 0 Å². The monoisotopic (exact) mass is 313 g/mol. The van der Waals surface area contributed by atoms with Gasteiger partial charge in [-0.1, -0.05) is 6.07 Å². The Balaban J connectivity index is 1.49. The third-order valence-corrected chi connectivity index (χ3v) is 4.20. The molecule has 1 amide bonds.